The lowest BCUT2D eigenvalue weighted by molar-refractivity contribution is 0.102. The van der Waals surface area contributed by atoms with E-state index in [1.54, 1.807) is 18.2 Å². The molecule has 0 aromatic carbocycles. The molecule has 0 saturated heterocycles. The number of allylic oxidation sites excluding steroid dienone is 4. The van der Waals surface area contributed by atoms with Crippen LogP contribution in [0.1, 0.15) is 36.7 Å². The smallest absolute Gasteiger partial charge is 0.220 e. The maximum Gasteiger partial charge on any atom is 0.220 e. The van der Waals surface area contributed by atoms with Crippen molar-refractivity contribution in [2.75, 3.05) is 0 Å². The lowest BCUT2D eigenvalue weighted by Gasteiger charge is -1.87. The van der Waals surface area contributed by atoms with Crippen molar-refractivity contribution in [3.8, 4) is 0 Å². The van der Waals surface area contributed by atoms with Gasteiger partial charge in [-0.05, 0) is 24.6 Å². The van der Waals surface area contributed by atoms with Crippen molar-refractivity contribution in [2.24, 2.45) is 0 Å². The zero-order valence-corrected chi connectivity index (χ0v) is 8.98. The van der Waals surface area contributed by atoms with Crippen molar-refractivity contribution in [1.29, 1.82) is 0 Å². The summed E-state index contributed by atoms with van der Waals surface area (Å²) in [6.45, 7) is 2.16. The summed E-state index contributed by atoms with van der Waals surface area (Å²) in [7, 11) is 0. The van der Waals surface area contributed by atoms with Crippen molar-refractivity contribution < 1.29 is 9.21 Å². The molecule has 1 rings (SSSR count). The van der Waals surface area contributed by atoms with Gasteiger partial charge in [0.05, 0.1) is 6.26 Å². The second-order valence-corrected chi connectivity index (χ2v) is 3.27. The Morgan fingerprint density at radius 1 is 1.47 bits per heavy atom. The maximum atomic E-state index is 11.4. The van der Waals surface area contributed by atoms with Crippen LogP contribution in [0.2, 0.25) is 0 Å². The van der Waals surface area contributed by atoms with E-state index in [4.69, 9.17) is 4.42 Å². The van der Waals surface area contributed by atoms with Crippen LogP contribution in [0.15, 0.2) is 47.1 Å². The van der Waals surface area contributed by atoms with E-state index in [0.29, 0.717) is 5.76 Å². The highest BCUT2D eigenvalue weighted by atomic mass is 16.3. The molecule has 1 aromatic rings. The largest absolute Gasteiger partial charge is 0.461 e. The Morgan fingerprint density at radius 3 is 3.00 bits per heavy atom. The number of ketones is 1. The SMILES string of the molecule is CCCC/C=C/C=C/C(=O)c1ccco1. The topological polar surface area (TPSA) is 30.2 Å². The average molecular weight is 204 g/mol. The molecular formula is C13H16O2. The van der Waals surface area contributed by atoms with Crippen LogP contribution in [0.25, 0.3) is 0 Å². The average Bonchev–Trinajstić information content (AvgIpc) is 2.76. The van der Waals surface area contributed by atoms with E-state index in [1.807, 2.05) is 6.08 Å². The van der Waals surface area contributed by atoms with E-state index in [1.165, 1.54) is 25.2 Å². The predicted octanol–water partition coefficient (Wildman–Crippen LogP) is 3.76. The third-order valence-corrected chi connectivity index (χ3v) is 1.98. The zero-order chi connectivity index (χ0) is 10.9. The molecule has 80 valence electrons. The van der Waals surface area contributed by atoms with Crippen molar-refractivity contribution in [3.63, 3.8) is 0 Å². The molecule has 2 heteroatoms. The molecule has 0 unspecified atom stereocenters. The van der Waals surface area contributed by atoms with Gasteiger partial charge in [-0.3, -0.25) is 4.79 Å². The fourth-order valence-electron chi connectivity index (χ4n) is 1.14. The van der Waals surface area contributed by atoms with Gasteiger partial charge >= 0.3 is 0 Å². The third-order valence-electron chi connectivity index (χ3n) is 1.98. The Morgan fingerprint density at radius 2 is 2.33 bits per heavy atom. The number of carbonyl (C=O) groups is 1. The minimum atomic E-state index is -0.0971. The van der Waals surface area contributed by atoms with E-state index in [2.05, 4.69) is 13.0 Å². The van der Waals surface area contributed by atoms with Crippen molar-refractivity contribution in [2.45, 2.75) is 26.2 Å². The van der Waals surface area contributed by atoms with Gasteiger partial charge in [0.1, 0.15) is 0 Å². The summed E-state index contributed by atoms with van der Waals surface area (Å²) in [5.41, 5.74) is 0. The molecular weight excluding hydrogens is 188 g/mol. The van der Waals surface area contributed by atoms with Crippen LogP contribution in [-0.4, -0.2) is 5.78 Å². The fourth-order valence-corrected chi connectivity index (χ4v) is 1.14. The standard InChI is InChI=1S/C13H16O2/c1-2-3-4-5-6-7-9-12(14)13-10-8-11-15-13/h5-11H,2-4H2,1H3/b6-5+,9-7+. The first-order chi connectivity index (χ1) is 7.34. The monoisotopic (exact) mass is 204 g/mol. The van der Waals surface area contributed by atoms with Crippen molar-refractivity contribution in [3.05, 3.63) is 48.5 Å². The van der Waals surface area contributed by atoms with Gasteiger partial charge in [0.15, 0.2) is 5.76 Å². The van der Waals surface area contributed by atoms with E-state index >= 15 is 0 Å². The minimum Gasteiger partial charge on any atom is -0.461 e. The number of hydrogen-bond acceptors (Lipinski definition) is 2. The van der Waals surface area contributed by atoms with Crippen LogP contribution in [-0.2, 0) is 0 Å². The molecule has 0 atom stereocenters. The highest BCUT2D eigenvalue weighted by Gasteiger charge is 2.01. The molecule has 0 aliphatic heterocycles. The molecule has 2 nitrogen and oxygen atoms in total. The fraction of sp³-hybridized carbons (Fsp3) is 0.308. The quantitative estimate of drug-likeness (QED) is 0.305. The maximum absolute atomic E-state index is 11.4. The normalized spacial score (nSPS) is 11.5. The number of furan rings is 1. The van der Waals surface area contributed by atoms with Gasteiger partial charge in [0, 0.05) is 0 Å². The second-order valence-electron chi connectivity index (χ2n) is 3.27. The molecule has 15 heavy (non-hydrogen) atoms. The Kier molecular flexibility index (Phi) is 5.23. The van der Waals surface area contributed by atoms with Gasteiger partial charge in [-0.15, -0.1) is 0 Å². The molecule has 0 aliphatic carbocycles. The van der Waals surface area contributed by atoms with Crippen LogP contribution < -0.4 is 0 Å². The zero-order valence-electron chi connectivity index (χ0n) is 8.98. The number of rotatable bonds is 6. The first kappa shape index (κ1) is 11.5. The van der Waals surface area contributed by atoms with E-state index in [9.17, 15) is 4.79 Å². The summed E-state index contributed by atoms with van der Waals surface area (Å²) in [6.07, 6.45) is 12.2. The number of carbonyl (C=O) groups excluding carboxylic acids is 1. The number of unbranched alkanes of at least 4 members (excludes halogenated alkanes) is 2. The highest BCUT2D eigenvalue weighted by molar-refractivity contribution is 6.02. The van der Waals surface area contributed by atoms with Gasteiger partial charge in [-0.2, -0.15) is 0 Å². The van der Waals surface area contributed by atoms with Crippen LogP contribution in [0.4, 0.5) is 0 Å². The lowest BCUT2D eigenvalue weighted by atomic mass is 10.2. The van der Waals surface area contributed by atoms with Crippen LogP contribution in [0, 0.1) is 0 Å². The molecule has 0 fully saturated rings. The lowest BCUT2D eigenvalue weighted by Crippen LogP contribution is -1.89. The minimum absolute atomic E-state index is 0.0971. The molecule has 0 spiro atoms. The Balaban J connectivity index is 2.32. The molecule has 0 amide bonds. The molecule has 1 aromatic heterocycles. The van der Waals surface area contributed by atoms with Gasteiger partial charge in [-0.1, -0.05) is 38.0 Å². The number of hydrogen-bond donors (Lipinski definition) is 0. The van der Waals surface area contributed by atoms with Gasteiger partial charge < -0.3 is 4.42 Å². The molecule has 0 radical (unpaired) electrons. The van der Waals surface area contributed by atoms with E-state index < -0.39 is 0 Å². The first-order valence-corrected chi connectivity index (χ1v) is 5.25. The molecule has 0 N–H and O–H groups in total. The van der Waals surface area contributed by atoms with E-state index in [-0.39, 0.29) is 5.78 Å². The van der Waals surface area contributed by atoms with E-state index in [0.717, 1.165) is 6.42 Å². The summed E-state index contributed by atoms with van der Waals surface area (Å²) < 4.78 is 4.97. The van der Waals surface area contributed by atoms with Gasteiger partial charge in [0.25, 0.3) is 0 Å². The Hall–Kier alpha value is -1.57. The third kappa shape index (κ3) is 4.45. The predicted molar refractivity (Wildman–Crippen MR) is 60.8 cm³/mol. The molecule has 0 saturated carbocycles. The summed E-state index contributed by atoms with van der Waals surface area (Å²) >= 11 is 0. The van der Waals surface area contributed by atoms with Crippen molar-refractivity contribution in [1.82, 2.24) is 0 Å². The van der Waals surface area contributed by atoms with Gasteiger partial charge in [-0.25, -0.2) is 0 Å². The summed E-state index contributed by atoms with van der Waals surface area (Å²) in [4.78, 5) is 11.4. The van der Waals surface area contributed by atoms with Crippen molar-refractivity contribution >= 4 is 5.78 Å². The summed E-state index contributed by atoms with van der Waals surface area (Å²) in [6, 6.07) is 3.37. The van der Waals surface area contributed by atoms with Crippen LogP contribution in [0.5, 0.6) is 0 Å². The van der Waals surface area contributed by atoms with Crippen LogP contribution in [0.3, 0.4) is 0 Å². The first-order valence-electron chi connectivity index (χ1n) is 5.25. The molecule has 1 heterocycles. The summed E-state index contributed by atoms with van der Waals surface area (Å²) in [5.74, 6) is 0.286. The second kappa shape index (κ2) is 6.82. The summed E-state index contributed by atoms with van der Waals surface area (Å²) in [5, 5.41) is 0. The molecule has 0 aliphatic rings. The van der Waals surface area contributed by atoms with Gasteiger partial charge in [0.2, 0.25) is 5.78 Å². The molecule has 0 bridgehead atoms. The highest BCUT2D eigenvalue weighted by Crippen LogP contribution is 2.02. The van der Waals surface area contributed by atoms with Crippen LogP contribution >= 0.6 is 0 Å². The Bertz CT molecular complexity index is 331. The Labute approximate surface area is 90.3 Å².